The fourth-order valence-electron chi connectivity index (χ4n) is 1.95. The molecule has 1 amide bonds. The summed E-state index contributed by atoms with van der Waals surface area (Å²) in [6.07, 6.45) is -0.865. The third-order valence-corrected chi connectivity index (χ3v) is 3.15. The van der Waals surface area contributed by atoms with Gasteiger partial charge in [0, 0.05) is 19.6 Å². The number of hydrogen-bond acceptors (Lipinski definition) is 4. The van der Waals surface area contributed by atoms with Crippen LogP contribution in [0.3, 0.4) is 0 Å². The predicted molar refractivity (Wildman–Crippen MR) is 71.5 cm³/mol. The molecule has 0 bridgehead atoms. The molecule has 0 radical (unpaired) electrons. The van der Waals surface area contributed by atoms with Gasteiger partial charge in [0.05, 0.1) is 12.7 Å². The lowest BCUT2D eigenvalue weighted by molar-refractivity contribution is -0.134. The van der Waals surface area contributed by atoms with Gasteiger partial charge in [-0.3, -0.25) is 4.79 Å². The van der Waals surface area contributed by atoms with E-state index >= 15 is 0 Å². The summed E-state index contributed by atoms with van der Waals surface area (Å²) >= 11 is 0. The van der Waals surface area contributed by atoms with Crippen molar-refractivity contribution in [3.63, 3.8) is 0 Å². The fraction of sp³-hybridized carbons (Fsp3) is 0.500. The SMILES string of the molecule is C[C@H](O)c1ccc(CNC(=O)[C@H]2CNCCO2)cc1. The van der Waals surface area contributed by atoms with Crippen molar-refractivity contribution in [2.75, 3.05) is 19.7 Å². The highest BCUT2D eigenvalue weighted by Crippen LogP contribution is 2.12. The topological polar surface area (TPSA) is 70.6 Å². The molecule has 5 nitrogen and oxygen atoms in total. The van der Waals surface area contributed by atoms with Crippen molar-refractivity contribution >= 4 is 5.91 Å². The lowest BCUT2D eigenvalue weighted by Crippen LogP contribution is -2.47. The average Bonchev–Trinajstić information content (AvgIpc) is 2.46. The molecule has 0 saturated carbocycles. The van der Waals surface area contributed by atoms with Gasteiger partial charge in [0.25, 0.3) is 5.91 Å². The molecule has 104 valence electrons. The fourth-order valence-corrected chi connectivity index (χ4v) is 1.95. The van der Waals surface area contributed by atoms with Crippen LogP contribution in [0.2, 0.25) is 0 Å². The second-order valence-corrected chi connectivity index (χ2v) is 4.70. The number of ether oxygens (including phenoxy) is 1. The van der Waals surface area contributed by atoms with Crippen molar-refractivity contribution in [2.45, 2.75) is 25.7 Å². The quantitative estimate of drug-likeness (QED) is 0.733. The molecule has 19 heavy (non-hydrogen) atoms. The molecule has 1 aromatic carbocycles. The van der Waals surface area contributed by atoms with E-state index < -0.39 is 12.2 Å². The monoisotopic (exact) mass is 264 g/mol. The molecule has 5 heteroatoms. The zero-order chi connectivity index (χ0) is 13.7. The summed E-state index contributed by atoms with van der Waals surface area (Å²) in [6, 6.07) is 7.54. The van der Waals surface area contributed by atoms with Crippen molar-refractivity contribution in [3.8, 4) is 0 Å². The van der Waals surface area contributed by atoms with Crippen LogP contribution in [0, 0.1) is 0 Å². The van der Waals surface area contributed by atoms with Crippen LogP contribution in [0.4, 0.5) is 0 Å². The van der Waals surface area contributed by atoms with Gasteiger partial charge in [0.1, 0.15) is 6.10 Å². The van der Waals surface area contributed by atoms with E-state index in [1.165, 1.54) is 0 Å². The number of nitrogens with one attached hydrogen (secondary N) is 2. The highest BCUT2D eigenvalue weighted by Gasteiger charge is 2.21. The number of carbonyl (C=O) groups excluding carboxylic acids is 1. The van der Waals surface area contributed by atoms with Crippen molar-refractivity contribution < 1.29 is 14.6 Å². The zero-order valence-corrected chi connectivity index (χ0v) is 11.1. The van der Waals surface area contributed by atoms with E-state index in [0.29, 0.717) is 19.7 Å². The lowest BCUT2D eigenvalue weighted by Gasteiger charge is -2.22. The minimum absolute atomic E-state index is 0.0909. The third-order valence-electron chi connectivity index (χ3n) is 3.15. The van der Waals surface area contributed by atoms with Gasteiger partial charge in [-0.1, -0.05) is 24.3 Å². The lowest BCUT2D eigenvalue weighted by atomic mass is 10.1. The van der Waals surface area contributed by atoms with E-state index in [1.807, 2.05) is 24.3 Å². The summed E-state index contributed by atoms with van der Waals surface area (Å²) in [6.45, 7) is 4.13. The van der Waals surface area contributed by atoms with Crippen molar-refractivity contribution in [3.05, 3.63) is 35.4 Å². The molecule has 0 aliphatic carbocycles. The largest absolute Gasteiger partial charge is 0.389 e. The molecule has 3 N–H and O–H groups in total. The van der Waals surface area contributed by atoms with Crippen LogP contribution >= 0.6 is 0 Å². The second-order valence-electron chi connectivity index (χ2n) is 4.70. The van der Waals surface area contributed by atoms with E-state index in [1.54, 1.807) is 6.92 Å². The standard InChI is InChI=1S/C14H20N2O3/c1-10(17)12-4-2-11(3-5-12)8-16-14(18)13-9-15-6-7-19-13/h2-5,10,13,15,17H,6-9H2,1H3,(H,16,18)/t10-,13+/m0/s1. The molecule has 1 aliphatic rings. The van der Waals surface area contributed by atoms with Crippen LogP contribution < -0.4 is 10.6 Å². The van der Waals surface area contributed by atoms with E-state index in [2.05, 4.69) is 10.6 Å². The molecule has 1 aliphatic heterocycles. The molecule has 0 aromatic heterocycles. The number of aliphatic hydroxyl groups is 1. The van der Waals surface area contributed by atoms with Gasteiger partial charge in [0.15, 0.2) is 0 Å². The van der Waals surface area contributed by atoms with Crippen LogP contribution in [-0.2, 0) is 16.1 Å². The van der Waals surface area contributed by atoms with Crippen LogP contribution in [0.15, 0.2) is 24.3 Å². The first-order valence-corrected chi connectivity index (χ1v) is 6.54. The van der Waals surface area contributed by atoms with E-state index in [4.69, 9.17) is 4.74 Å². The summed E-state index contributed by atoms with van der Waals surface area (Å²) in [5.74, 6) is -0.0909. The summed E-state index contributed by atoms with van der Waals surface area (Å²) in [7, 11) is 0. The van der Waals surface area contributed by atoms with E-state index in [-0.39, 0.29) is 5.91 Å². The Morgan fingerprint density at radius 1 is 1.53 bits per heavy atom. The van der Waals surface area contributed by atoms with Crippen LogP contribution in [-0.4, -0.2) is 36.8 Å². The number of benzene rings is 1. The summed E-state index contributed by atoms with van der Waals surface area (Å²) in [5.41, 5.74) is 1.87. The minimum atomic E-state index is -0.467. The van der Waals surface area contributed by atoms with Crippen molar-refractivity contribution in [2.24, 2.45) is 0 Å². The van der Waals surface area contributed by atoms with E-state index in [0.717, 1.165) is 17.7 Å². The molecule has 1 aromatic rings. The first kappa shape index (κ1) is 14.0. The minimum Gasteiger partial charge on any atom is -0.389 e. The molecule has 1 saturated heterocycles. The first-order valence-electron chi connectivity index (χ1n) is 6.54. The number of rotatable bonds is 4. The normalized spacial score (nSPS) is 20.8. The summed E-state index contributed by atoms with van der Waals surface area (Å²) in [4.78, 5) is 11.8. The van der Waals surface area contributed by atoms with Crippen LogP contribution in [0.5, 0.6) is 0 Å². The Morgan fingerprint density at radius 2 is 2.26 bits per heavy atom. The number of carbonyl (C=O) groups is 1. The number of hydrogen-bond donors (Lipinski definition) is 3. The maximum absolute atomic E-state index is 11.8. The van der Waals surface area contributed by atoms with Crippen molar-refractivity contribution in [1.29, 1.82) is 0 Å². The van der Waals surface area contributed by atoms with Gasteiger partial charge in [0.2, 0.25) is 0 Å². The van der Waals surface area contributed by atoms with Gasteiger partial charge in [-0.15, -0.1) is 0 Å². The Bertz CT molecular complexity index is 411. The highest BCUT2D eigenvalue weighted by molar-refractivity contribution is 5.81. The number of aliphatic hydroxyl groups excluding tert-OH is 1. The summed E-state index contributed by atoms with van der Waals surface area (Å²) in [5, 5.41) is 15.4. The molecular formula is C14H20N2O3. The Balaban J connectivity index is 1.82. The molecular weight excluding hydrogens is 244 g/mol. The number of morpholine rings is 1. The molecule has 1 heterocycles. The number of amides is 1. The predicted octanol–water partition coefficient (Wildman–Crippen LogP) is 0.345. The molecule has 0 spiro atoms. The van der Waals surface area contributed by atoms with Crippen molar-refractivity contribution in [1.82, 2.24) is 10.6 Å². The second kappa shape index (κ2) is 6.65. The Kier molecular flexibility index (Phi) is 4.90. The third kappa shape index (κ3) is 4.02. The Morgan fingerprint density at radius 3 is 2.84 bits per heavy atom. The smallest absolute Gasteiger partial charge is 0.250 e. The Labute approximate surface area is 113 Å². The highest BCUT2D eigenvalue weighted by atomic mass is 16.5. The van der Waals surface area contributed by atoms with Gasteiger partial charge >= 0.3 is 0 Å². The maximum atomic E-state index is 11.8. The van der Waals surface area contributed by atoms with Gasteiger partial charge in [-0.05, 0) is 18.1 Å². The average molecular weight is 264 g/mol. The zero-order valence-electron chi connectivity index (χ0n) is 11.1. The van der Waals surface area contributed by atoms with Gasteiger partial charge in [-0.2, -0.15) is 0 Å². The van der Waals surface area contributed by atoms with E-state index in [9.17, 15) is 9.90 Å². The Hall–Kier alpha value is -1.43. The molecule has 0 unspecified atom stereocenters. The summed E-state index contributed by atoms with van der Waals surface area (Å²) < 4.78 is 5.37. The molecule has 2 atom stereocenters. The van der Waals surface area contributed by atoms with Crippen LogP contribution in [0.1, 0.15) is 24.2 Å². The van der Waals surface area contributed by atoms with Gasteiger partial charge < -0.3 is 20.5 Å². The first-order chi connectivity index (χ1) is 9.16. The molecule has 1 fully saturated rings. The van der Waals surface area contributed by atoms with Crippen LogP contribution in [0.25, 0.3) is 0 Å². The maximum Gasteiger partial charge on any atom is 0.250 e. The molecule has 2 rings (SSSR count). The van der Waals surface area contributed by atoms with Gasteiger partial charge in [-0.25, -0.2) is 0 Å².